The van der Waals surface area contributed by atoms with Crippen LogP contribution in [0.15, 0.2) is 0 Å². The maximum Gasteiger partial charge on any atom is 2.00 e. The molecular formula is H7CaFO4Si. The number of halogens is 1. The van der Waals surface area contributed by atoms with Crippen LogP contribution < -0.4 is 0 Å². The fourth-order valence-electron chi connectivity index (χ4n) is 0. The average molecular weight is 158 g/mol. The summed E-state index contributed by atoms with van der Waals surface area (Å²) in [5.41, 5.74) is 0. The minimum absolute atomic E-state index is 0. The molecule has 0 bridgehead atoms. The van der Waals surface area contributed by atoms with Crippen molar-refractivity contribution >= 4 is 46.8 Å². The van der Waals surface area contributed by atoms with E-state index in [1.807, 2.05) is 0 Å². The maximum absolute atomic E-state index is 7.33. The quantitative estimate of drug-likeness (QED) is 0.291. The van der Waals surface area contributed by atoms with Crippen LogP contribution in [0, 0.1) is 0 Å². The van der Waals surface area contributed by atoms with Crippen LogP contribution >= 0.6 is 0 Å². The predicted molar refractivity (Wildman–Crippen MR) is 25.1 cm³/mol. The zero-order chi connectivity index (χ0) is 4.50. The van der Waals surface area contributed by atoms with E-state index in [9.17, 15) is 0 Å². The van der Waals surface area contributed by atoms with Gasteiger partial charge in [0.15, 0.2) is 0 Å². The van der Waals surface area contributed by atoms with Crippen LogP contribution in [-0.4, -0.2) is 66.0 Å². The number of hydrogen-bond acceptors (Lipinski definition) is 4. The standard InChI is InChI=1S/Ca.FH.H4O4Si.2H/c;;1-5(2,3)4;;/h;1H;1-4H;;/q+2;;;2*-1. The van der Waals surface area contributed by atoms with Gasteiger partial charge in [-0.25, -0.2) is 0 Å². The van der Waals surface area contributed by atoms with Crippen molar-refractivity contribution in [1.29, 1.82) is 0 Å². The molecule has 0 rings (SSSR count). The van der Waals surface area contributed by atoms with E-state index in [-0.39, 0.29) is 45.3 Å². The van der Waals surface area contributed by atoms with Crippen molar-refractivity contribution in [2.75, 3.05) is 0 Å². The third-order valence-corrected chi connectivity index (χ3v) is 0. The molecule has 4 nitrogen and oxygen atoms in total. The van der Waals surface area contributed by atoms with Gasteiger partial charge < -0.3 is 22.0 Å². The van der Waals surface area contributed by atoms with Gasteiger partial charge in [-0.05, 0) is 0 Å². The van der Waals surface area contributed by atoms with Gasteiger partial charge in [0.05, 0.1) is 0 Å². The van der Waals surface area contributed by atoms with Crippen molar-refractivity contribution in [3.05, 3.63) is 0 Å². The van der Waals surface area contributed by atoms with E-state index in [1.165, 1.54) is 0 Å². The predicted octanol–water partition coefficient (Wildman–Crippen LogP) is -2.61. The van der Waals surface area contributed by atoms with Crippen LogP contribution in [0.5, 0.6) is 0 Å². The SMILES string of the molecule is F.O[Si](O)(O)O.[Ca+2].[H-].[H-]. The van der Waals surface area contributed by atoms with Crippen LogP contribution in [0.2, 0.25) is 0 Å². The van der Waals surface area contributed by atoms with E-state index in [0.29, 0.717) is 0 Å². The third-order valence-electron chi connectivity index (χ3n) is 0. The summed E-state index contributed by atoms with van der Waals surface area (Å²) in [5, 5.41) is 0. The third kappa shape index (κ3) is 128. The second kappa shape index (κ2) is 5.38. The minimum Gasteiger partial charge on any atom is -1.00 e. The molecule has 0 saturated heterocycles. The molecule has 0 spiro atoms. The van der Waals surface area contributed by atoms with Crippen LogP contribution in [-0.2, 0) is 0 Å². The van der Waals surface area contributed by atoms with Crippen molar-refractivity contribution in [2.24, 2.45) is 0 Å². The summed E-state index contributed by atoms with van der Waals surface area (Å²) in [5.74, 6) is 0. The molecule has 0 heterocycles. The van der Waals surface area contributed by atoms with Crippen LogP contribution in [0.25, 0.3) is 0 Å². The fraction of sp³-hybridized carbons (Fsp3) is 0. The normalized spacial score (nSPS) is 8.57. The molecular weight excluding hydrogens is 151 g/mol. The first-order chi connectivity index (χ1) is 2.00. The summed E-state index contributed by atoms with van der Waals surface area (Å²) < 4.78 is 0. The second-order valence-corrected chi connectivity index (χ2v) is 1.80. The number of rotatable bonds is 0. The van der Waals surface area contributed by atoms with Crippen molar-refractivity contribution in [3.63, 3.8) is 0 Å². The van der Waals surface area contributed by atoms with E-state index in [2.05, 4.69) is 0 Å². The zero-order valence-electron chi connectivity index (χ0n) is 5.40. The van der Waals surface area contributed by atoms with E-state index < -0.39 is 9.05 Å². The van der Waals surface area contributed by atoms with Gasteiger partial charge in [0.1, 0.15) is 0 Å². The molecule has 0 aliphatic carbocycles. The second-order valence-electron chi connectivity index (χ2n) is 0.600. The molecule has 44 valence electrons. The Balaban J connectivity index is -0.0000000133. The van der Waals surface area contributed by atoms with Gasteiger partial charge in [0.2, 0.25) is 0 Å². The van der Waals surface area contributed by atoms with Gasteiger partial charge in [0.25, 0.3) is 0 Å². The summed E-state index contributed by atoms with van der Waals surface area (Å²) in [6, 6.07) is 0. The molecule has 0 amide bonds. The minimum atomic E-state index is -4.61. The first-order valence-corrected chi connectivity index (χ1v) is 2.68. The Hall–Kier alpha value is 1.25. The molecule has 0 aromatic heterocycles. The summed E-state index contributed by atoms with van der Waals surface area (Å²) in [6.45, 7) is 0. The average Bonchev–Trinajstić information content (AvgIpc) is 0.722. The zero-order valence-corrected chi connectivity index (χ0v) is 6.61. The van der Waals surface area contributed by atoms with Gasteiger partial charge in [-0.2, -0.15) is 0 Å². The molecule has 7 heteroatoms. The first-order valence-electron chi connectivity index (χ1n) is 0.894. The Morgan fingerprint density at radius 3 is 1.00 bits per heavy atom. The summed E-state index contributed by atoms with van der Waals surface area (Å²) >= 11 is 0. The van der Waals surface area contributed by atoms with Crippen molar-refractivity contribution in [2.45, 2.75) is 0 Å². The van der Waals surface area contributed by atoms with Gasteiger partial charge in [-0.1, -0.05) is 0 Å². The molecule has 7 heavy (non-hydrogen) atoms. The van der Waals surface area contributed by atoms with E-state index >= 15 is 0 Å². The van der Waals surface area contributed by atoms with E-state index in [0.717, 1.165) is 0 Å². The first kappa shape index (κ1) is 15.7. The molecule has 0 aromatic carbocycles. The van der Waals surface area contributed by atoms with Crippen LogP contribution in [0.4, 0.5) is 4.70 Å². The monoisotopic (exact) mass is 158 g/mol. The largest absolute Gasteiger partial charge is 2.00 e. The Morgan fingerprint density at radius 2 is 1.00 bits per heavy atom. The molecule has 0 saturated carbocycles. The van der Waals surface area contributed by atoms with Gasteiger partial charge in [0, 0.05) is 0 Å². The van der Waals surface area contributed by atoms with Crippen molar-refractivity contribution in [3.8, 4) is 0 Å². The summed E-state index contributed by atoms with van der Waals surface area (Å²) in [7, 11) is -4.61. The Bertz CT molecular complexity index is 34.0. The smallest absolute Gasteiger partial charge is 1.00 e. The molecule has 0 aliphatic rings. The molecule has 0 radical (unpaired) electrons. The topological polar surface area (TPSA) is 80.9 Å². The summed E-state index contributed by atoms with van der Waals surface area (Å²) in [4.78, 5) is 29.3. The van der Waals surface area contributed by atoms with E-state index in [1.54, 1.807) is 0 Å². The molecule has 4 N–H and O–H groups in total. The van der Waals surface area contributed by atoms with E-state index in [4.69, 9.17) is 19.2 Å². The molecule has 0 unspecified atom stereocenters. The van der Waals surface area contributed by atoms with Crippen LogP contribution in [0.1, 0.15) is 2.85 Å². The number of hydrogen-bond donors (Lipinski definition) is 4. The molecule has 0 fully saturated rings. The van der Waals surface area contributed by atoms with Crippen molar-refractivity contribution in [1.82, 2.24) is 0 Å². The van der Waals surface area contributed by atoms with Crippen LogP contribution in [0.3, 0.4) is 0 Å². The fourth-order valence-corrected chi connectivity index (χ4v) is 0. The van der Waals surface area contributed by atoms with Crippen molar-refractivity contribution < 1.29 is 26.7 Å². The molecule has 0 atom stereocenters. The summed E-state index contributed by atoms with van der Waals surface area (Å²) in [6.07, 6.45) is 0. The Morgan fingerprint density at radius 1 is 1.00 bits per heavy atom. The molecule has 0 aliphatic heterocycles. The Labute approximate surface area is 73.2 Å². The Kier molecular flexibility index (Phi) is 12.1. The van der Waals surface area contributed by atoms with Gasteiger partial charge in [-0.3, -0.25) is 4.70 Å². The van der Waals surface area contributed by atoms with Gasteiger partial charge >= 0.3 is 46.8 Å². The maximum atomic E-state index is 7.33. The molecule has 0 aromatic rings. The van der Waals surface area contributed by atoms with Gasteiger partial charge in [-0.15, -0.1) is 0 Å².